The van der Waals surface area contributed by atoms with Crippen LogP contribution in [0.3, 0.4) is 0 Å². The minimum Gasteiger partial charge on any atom is -0.462 e. The SMILES string of the molecule is CCCCCCC/C=C\C/C=C\CCCCCCCCCCCCCCCCCCCCCCCC(=O)OC(COC(=O)CCCCCCCCCCCCCCCCC/C=C\C/C=C\CCCCCCC)COP(=O)(O)OCCN. The van der Waals surface area contributed by atoms with Gasteiger partial charge in [0, 0.05) is 19.4 Å². The molecule has 0 saturated carbocycles. The lowest BCUT2D eigenvalue weighted by Crippen LogP contribution is -2.29. The third-order valence-corrected chi connectivity index (χ3v) is 16.7. The van der Waals surface area contributed by atoms with Crippen molar-refractivity contribution in [2.45, 2.75) is 367 Å². The first-order valence-electron chi connectivity index (χ1n) is 35.1. The molecule has 0 fully saturated rings. The van der Waals surface area contributed by atoms with Gasteiger partial charge in [-0.2, -0.15) is 0 Å². The highest BCUT2D eigenvalue weighted by atomic mass is 31.2. The molecule has 3 N–H and O–H groups in total. The van der Waals surface area contributed by atoms with Gasteiger partial charge in [-0.15, -0.1) is 0 Å². The fourth-order valence-electron chi connectivity index (χ4n) is 10.5. The van der Waals surface area contributed by atoms with E-state index in [1.165, 1.54) is 283 Å². The summed E-state index contributed by atoms with van der Waals surface area (Å²) in [5, 5.41) is 0. The molecule has 10 heteroatoms. The lowest BCUT2D eigenvalue weighted by Gasteiger charge is -2.19. The molecule has 0 aliphatic rings. The summed E-state index contributed by atoms with van der Waals surface area (Å²) in [5.74, 6) is -0.808. The molecule has 0 radical (unpaired) electrons. The maximum atomic E-state index is 12.8. The molecule has 0 aromatic carbocycles. The third-order valence-electron chi connectivity index (χ3n) is 15.7. The summed E-state index contributed by atoms with van der Waals surface area (Å²) in [4.78, 5) is 35.4. The van der Waals surface area contributed by atoms with Gasteiger partial charge in [-0.05, 0) is 77.0 Å². The van der Waals surface area contributed by atoms with Crippen LogP contribution in [0.15, 0.2) is 48.6 Å². The molecule has 0 aliphatic carbocycles. The van der Waals surface area contributed by atoms with E-state index < -0.39 is 26.5 Å². The quantitative estimate of drug-likeness (QED) is 0.0264. The molecule has 9 nitrogen and oxygen atoms in total. The minimum atomic E-state index is -4.39. The zero-order valence-electron chi connectivity index (χ0n) is 53.5. The van der Waals surface area contributed by atoms with Crippen LogP contribution in [-0.2, 0) is 32.7 Å². The number of carbonyl (C=O) groups excluding carboxylic acids is 2. The van der Waals surface area contributed by atoms with Gasteiger partial charge in [-0.1, -0.05) is 319 Å². The first kappa shape index (κ1) is 79.0. The topological polar surface area (TPSA) is 134 Å². The summed E-state index contributed by atoms with van der Waals surface area (Å²) < 4.78 is 33.2. The summed E-state index contributed by atoms with van der Waals surface area (Å²) in [6.07, 6.45) is 84.9. The highest BCUT2D eigenvalue weighted by Crippen LogP contribution is 2.43. The Morgan fingerprint density at radius 3 is 0.938 bits per heavy atom. The molecule has 0 aromatic heterocycles. The molecule has 476 valence electrons. The molecule has 0 saturated heterocycles. The number of phosphoric acid groups is 1. The zero-order valence-corrected chi connectivity index (χ0v) is 54.4. The van der Waals surface area contributed by atoms with Gasteiger partial charge in [-0.3, -0.25) is 18.6 Å². The molecule has 0 spiro atoms. The van der Waals surface area contributed by atoms with Crippen LogP contribution in [0.4, 0.5) is 0 Å². The van der Waals surface area contributed by atoms with Gasteiger partial charge < -0.3 is 20.1 Å². The second kappa shape index (κ2) is 67.1. The number of esters is 2. The van der Waals surface area contributed by atoms with Gasteiger partial charge in [0.2, 0.25) is 0 Å². The molecule has 2 unspecified atom stereocenters. The van der Waals surface area contributed by atoms with Crippen molar-refractivity contribution in [1.82, 2.24) is 0 Å². The Balaban J connectivity index is 3.83. The first-order valence-corrected chi connectivity index (χ1v) is 36.6. The Bertz CT molecular complexity index is 1470. The first-order chi connectivity index (χ1) is 39.8. The molecule has 2 atom stereocenters. The van der Waals surface area contributed by atoms with E-state index >= 15 is 0 Å². The standard InChI is InChI=1S/C71H134NO8P/c1-3-5-7-9-11-13-15-17-19-21-23-25-27-29-31-32-33-34-35-36-38-40-42-44-46-48-50-52-54-56-58-60-62-64-71(74)80-69(68-79-81(75,76)78-66-65-72)67-77-70(73)63-61-59-57-55-53-51-49-47-45-43-41-39-37-30-28-26-24-22-20-18-16-14-12-10-8-6-4-2/h15-18,21-24,69H,3-14,19-20,25-68,72H2,1-2H3,(H,75,76)/b17-15-,18-16-,23-21-,24-22-. The lowest BCUT2D eigenvalue weighted by molar-refractivity contribution is -0.161. The molecule has 0 heterocycles. The van der Waals surface area contributed by atoms with E-state index in [4.69, 9.17) is 24.3 Å². The maximum Gasteiger partial charge on any atom is 0.472 e. The fraction of sp³-hybridized carbons (Fsp3) is 0.859. The number of ether oxygens (including phenoxy) is 2. The molecule has 81 heavy (non-hydrogen) atoms. The Morgan fingerprint density at radius 1 is 0.370 bits per heavy atom. The molecule has 0 aliphatic heterocycles. The Hall–Kier alpha value is -2.03. The summed E-state index contributed by atoms with van der Waals surface area (Å²) in [5.41, 5.74) is 5.40. The Labute approximate surface area is 502 Å². The van der Waals surface area contributed by atoms with Crippen LogP contribution in [0, 0.1) is 0 Å². The number of rotatable bonds is 67. The van der Waals surface area contributed by atoms with E-state index in [1.54, 1.807) is 0 Å². The minimum absolute atomic E-state index is 0.0550. The molecule has 0 bridgehead atoms. The Morgan fingerprint density at radius 2 is 0.642 bits per heavy atom. The molecule has 0 amide bonds. The molecule has 0 aromatic rings. The predicted octanol–water partition coefficient (Wildman–Crippen LogP) is 22.9. The van der Waals surface area contributed by atoms with Gasteiger partial charge in [-0.25, -0.2) is 4.57 Å². The maximum absolute atomic E-state index is 12.8. The molecular formula is C71H134NO8P. The largest absolute Gasteiger partial charge is 0.472 e. The van der Waals surface area contributed by atoms with Gasteiger partial charge in [0.25, 0.3) is 0 Å². The zero-order chi connectivity index (χ0) is 58.7. The number of carbonyl (C=O) groups is 2. The van der Waals surface area contributed by atoms with Gasteiger partial charge in [0.1, 0.15) is 6.61 Å². The fourth-order valence-corrected chi connectivity index (χ4v) is 11.2. The van der Waals surface area contributed by atoms with Crippen molar-refractivity contribution in [1.29, 1.82) is 0 Å². The number of phosphoric ester groups is 1. The van der Waals surface area contributed by atoms with Gasteiger partial charge in [0.05, 0.1) is 13.2 Å². The summed E-state index contributed by atoms with van der Waals surface area (Å²) >= 11 is 0. The van der Waals surface area contributed by atoms with E-state index in [9.17, 15) is 19.0 Å². The van der Waals surface area contributed by atoms with Crippen molar-refractivity contribution < 1.29 is 37.6 Å². The van der Waals surface area contributed by atoms with E-state index in [0.29, 0.717) is 6.42 Å². The van der Waals surface area contributed by atoms with Gasteiger partial charge in [0.15, 0.2) is 6.10 Å². The second-order valence-electron chi connectivity index (χ2n) is 23.7. The number of unbranched alkanes of at least 4 members (excludes halogenated alkanes) is 46. The van der Waals surface area contributed by atoms with Crippen LogP contribution in [0.25, 0.3) is 0 Å². The molecule has 0 rings (SSSR count). The summed E-state index contributed by atoms with van der Waals surface area (Å²) in [6.45, 7) is 3.79. The predicted molar refractivity (Wildman–Crippen MR) is 349 cm³/mol. The van der Waals surface area contributed by atoms with Crippen molar-refractivity contribution in [3.05, 3.63) is 48.6 Å². The highest BCUT2D eigenvalue weighted by molar-refractivity contribution is 7.47. The smallest absolute Gasteiger partial charge is 0.462 e. The number of allylic oxidation sites excluding steroid dienone is 8. The monoisotopic (exact) mass is 1160 g/mol. The third kappa shape index (κ3) is 67.0. The normalized spacial score (nSPS) is 13.2. The Kier molecular flexibility index (Phi) is 65.4. The van der Waals surface area contributed by atoms with Crippen molar-refractivity contribution >= 4 is 19.8 Å². The van der Waals surface area contributed by atoms with E-state index in [2.05, 4.69) is 62.5 Å². The second-order valence-corrected chi connectivity index (χ2v) is 25.2. The van der Waals surface area contributed by atoms with Crippen LogP contribution in [0.5, 0.6) is 0 Å². The number of hydrogen-bond acceptors (Lipinski definition) is 8. The van der Waals surface area contributed by atoms with Crippen LogP contribution in [0.1, 0.15) is 361 Å². The molecular weight excluding hydrogens is 1030 g/mol. The van der Waals surface area contributed by atoms with E-state index in [1.807, 2.05) is 0 Å². The lowest BCUT2D eigenvalue weighted by atomic mass is 10.0. The van der Waals surface area contributed by atoms with Crippen molar-refractivity contribution in [3.8, 4) is 0 Å². The van der Waals surface area contributed by atoms with E-state index in [-0.39, 0.29) is 38.6 Å². The van der Waals surface area contributed by atoms with Crippen molar-refractivity contribution in [3.63, 3.8) is 0 Å². The van der Waals surface area contributed by atoms with Crippen molar-refractivity contribution in [2.75, 3.05) is 26.4 Å². The average molecular weight is 1160 g/mol. The van der Waals surface area contributed by atoms with Crippen LogP contribution in [-0.4, -0.2) is 49.3 Å². The summed E-state index contributed by atoms with van der Waals surface area (Å²) in [6, 6.07) is 0. The van der Waals surface area contributed by atoms with Crippen molar-refractivity contribution in [2.24, 2.45) is 5.73 Å². The number of nitrogens with two attached hydrogens (primary N) is 1. The highest BCUT2D eigenvalue weighted by Gasteiger charge is 2.26. The van der Waals surface area contributed by atoms with Crippen LogP contribution in [0.2, 0.25) is 0 Å². The van der Waals surface area contributed by atoms with Gasteiger partial charge >= 0.3 is 19.8 Å². The van der Waals surface area contributed by atoms with Crippen LogP contribution < -0.4 is 5.73 Å². The van der Waals surface area contributed by atoms with E-state index in [0.717, 1.165) is 44.9 Å². The number of hydrogen-bond donors (Lipinski definition) is 2. The van der Waals surface area contributed by atoms with Crippen LogP contribution >= 0.6 is 7.82 Å². The summed E-state index contributed by atoms with van der Waals surface area (Å²) in [7, 11) is -4.39. The average Bonchev–Trinajstić information content (AvgIpc) is 3.46.